The average Bonchev–Trinajstić information content (AvgIpc) is 3.02. The maximum absolute atomic E-state index is 13.1. The van der Waals surface area contributed by atoms with Gasteiger partial charge in [0.15, 0.2) is 21.7 Å². The molecule has 0 fully saturated rings. The molecule has 2 aromatic carbocycles. The maximum atomic E-state index is 13.1. The molecular formula is C20H14Br2N4O2. The van der Waals surface area contributed by atoms with Gasteiger partial charge in [-0.15, -0.1) is 0 Å². The number of hydrogen-bond acceptors (Lipinski definition) is 4. The van der Waals surface area contributed by atoms with Gasteiger partial charge < -0.3 is 4.57 Å². The van der Waals surface area contributed by atoms with Crippen LogP contribution in [0, 0.1) is 0 Å². The van der Waals surface area contributed by atoms with Crippen LogP contribution in [-0.2, 0) is 13.1 Å². The van der Waals surface area contributed by atoms with Crippen molar-refractivity contribution < 1.29 is 4.79 Å². The molecule has 140 valence electrons. The minimum absolute atomic E-state index is 0.0797. The second-order valence-corrected chi connectivity index (χ2v) is 7.76. The molecule has 6 nitrogen and oxygen atoms in total. The summed E-state index contributed by atoms with van der Waals surface area (Å²) in [6.45, 7) is 0.357. The highest BCUT2D eigenvalue weighted by Gasteiger charge is 2.17. The molecule has 0 unspecified atom stereocenters. The summed E-state index contributed by atoms with van der Waals surface area (Å²) in [5.41, 5.74) is 1.94. The van der Waals surface area contributed by atoms with E-state index < -0.39 is 0 Å². The van der Waals surface area contributed by atoms with Crippen LogP contribution in [0.25, 0.3) is 11.2 Å². The first kappa shape index (κ1) is 18.8. The zero-order valence-corrected chi connectivity index (χ0v) is 17.7. The van der Waals surface area contributed by atoms with E-state index in [0.29, 0.717) is 28.0 Å². The lowest BCUT2D eigenvalue weighted by Gasteiger charge is -2.09. The van der Waals surface area contributed by atoms with Crippen LogP contribution in [-0.4, -0.2) is 24.9 Å². The summed E-state index contributed by atoms with van der Waals surface area (Å²) in [6, 6.07) is 16.7. The lowest BCUT2D eigenvalue weighted by Crippen LogP contribution is -2.26. The monoisotopic (exact) mass is 500 g/mol. The number of nitrogens with zero attached hydrogens (tertiary/aromatic N) is 4. The van der Waals surface area contributed by atoms with Crippen molar-refractivity contribution in [2.24, 2.45) is 0 Å². The number of hydrogen-bond donors (Lipinski definition) is 0. The molecule has 0 radical (unpaired) electrons. The number of rotatable bonds is 5. The number of benzene rings is 2. The maximum Gasteiger partial charge on any atom is 0.280 e. The van der Waals surface area contributed by atoms with E-state index in [9.17, 15) is 9.59 Å². The fourth-order valence-corrected chi connectivity index (χ4v) is 3.83. The summed E-state index contributed by atoms with van der Waals surface area (Å²) in [5, 5.41) is 0. The summed E-state index contributed by atoms with van der Waals surface area (Å²) >= 11 is 6.95. The Hall–Kier alpha value is -2.58. The first-order valence-electron chi connectivity index (χ1n) is 8.47. The van der Waals surface area contributed by atoms with Crippen molar-refractivity contribution in [1.29, 1.82) is 0 Å². The highest BCUT2D eigenvalue weighted by atomic mass is 79.9. The predicted octanol–water partition coefficient (Wildman–Crippen LogP) is 4.05. The van der Waals surface area contributed by atoms with Crippen molar-refractivity contribution in [3.8, 4) is 0 Å². The number of fused-ring (bicyclic) bond motifs is 1. The third-order valence-electron chi connectivity index (χ3n) is 4.38. The Morgan fingerprint density at radius 1 is 1.00 bits per heavy atom. The van der Waals surface area contributed by atoms with Crippen molar-refractivity contribution in [2.75, 3.05) is 0 Å². The van der Waals surface area contributed by atoms with E-state index in [2.05, 4.69) is 41.8 Å². The summed E-state index contributed by atoms with van der Waals surface area (Å²) < 4.78 is 4.53. The number of ketones is 1. The van der Waals surface area contributed by atoms with Gasteiger partial charge in [0.1, 0.15) is 6.33 Å². The molecule has 0 atom stereocenters. The summed E-state index contributed by atoms with van der Waals surface area (Å²) in [6.07, 6.45) is 1.37. The first-order chi connectivity index (χ1) is 13.5. The van der Waals surface area contributed by atoms with Crippen LogP contribution in [0.5, 0.6) is 0 Å². The zero-order chi connectivity index (χ0) is 19.7. The molecule has 0 aliphatic carbocycles. The lowest BCUT2D eigenvalue weighted by atomic mass is 10.1. The Morgan fingerprint density at radius 3 is 2.46 bits per heavy atom. The van der Waals surface area contributed by atoms with Gasteiger partial charge in [0.05, 0.1) is 13.1 Å². The normalized spacial score (nSPS) is 11.1. The van der Waals surface area contributed by atoms with Gasteiger partial charge >= 0.3 is 0 Å². The predicted molar refractivity (Wildman–Crippen MR) is 114 cm³/mol. The lowest BCUT2D eigenvalue weighted by molar-refractivity contribution is 0.0970. The highest BCUT2D eigenvalue weighted by Crippen LogP contribution is 2.22. The summed E-state index contributed by atoms with van der Waals surface area (Å²) in [7, 11) is 0. The van der Waals surface area contributed by atoms with E-state index >= 15 is 0 Å². The molecule has 0 aliphatic rings. The Morgan fingerprint density at radius 2 is 1.71 bits per heavy atom. The van der Waals surface area contributed by atoms with E-state index in [1.165, 1.54) is 10.9 Å². The molecule has 0 aliphatic heterocycles. The second-order valence-electron chi connectivity index (χ2n) is 6.20. The van der Waals surface area contributed by atoms with Crippen LogP contribution in [0.3, 0.4) is 0 Å². The fraction of sp³-hybridized carbons (Fsp3) is 0.100. The van der Waals surface area contributed by atoms with Crippen LogP contribution in [0.4, 0.5) is 0 Å². The zero-order valence-electron chi connectivity index (χ0n) is 14.5. The van der Waals surface area contributed by atoms with Crippen LogP contribution < -0.4 is 5.56 Å². The third-order valence-corrected chi connectivity index (χ3v) is 5.76. The summed E-state index contributed by atoms with van der Waals surface area (Å²) in [4.78, 5) is 34.2. The van der Waals surface area contributed by atoms with Crippen molar-refractivity contribution in [3.05, 3.63) is 91.6 Å². The van der Waals surface area contributed by atoms with Gasteiger partial charge in [-0.3, -0.25) is 14.2 Å². The van der Waals surface area contributed by atoms with Crippen molar-refractivity contribution in [1.82, 2.24) is 19.1 Å². The van der Waals surface area contributed by atoms with Crippen LogP contribution >= 0.6 is 31.9 Å². The smallest absolute Gasteiger partial charge is 0.280 e. The van der Waals surface area contributed by atoms with Crippen molar-refractivity contribution in [2.45, 2.75) is 13.1 Å². The van der Waals surface area contributed by atoms with E-state index in [4.69, 9.17) is 0 Å². The van der Waals surface area contributed by atoms with Gasteiger partial charge in [0.25, 0.3) is 5.56 Å². The van der Waals surface area contributed by atoms with Crippen LogP contribution in [0.15, 0.2) is 74.9 Å². The minimum Gasteiger partial charge on any atom is -0.308 e. The van der Waals surface area contributed by atoms with Crippen molar-refractivity contribution in [3.63, 3.8) is 0 Å². The Bertz CT molecular complexity index is 1230. The van der Waals surface area contributed by atoms with Gasteiger partial charge in [0.2, 0.25) is 0 Å². The quantitative estimate of drug-likeness (QED) is 0.305. The van der Waals surface area contributed by atoms with Gasteiger partial charge in [-0.2, -0.15) is 0 Å². The number of carbonyl (C=O) groups excluding carboxylic acids is 1. The standard InChI is InChI=1S/C20H14Br2N4O2/c21-15-9-5-4-8-14(15)10-26-17-18(24-20(26)22)23-12-25(19(17)28)11-16(27)13-6-2-1-3-7-13/h1-9,12H,10-11H2. The number of halogens is 2. The molecule has 0 amide bonds. The Labute approximate surface area is 177 Å². The third kappa shape index (κ3) is 3.57. The molecule has 28 heavy (non-hydrogen) atoms. The minimum atomic E-state index is -0.306. The van der Waals surface area contributed by atoms with E-state index in [1.807, 2.05) is 30.3 Å². The number of imidazole rings is 1. The SMILES string of the molecule is O=C(Cn1cnc2nc(Br)n(Cc3ccccc3Br)c2c1=O)c1ccccc1. The van der Waals surface area contributed by atoms with Gasteiger partial charge in [-0.25, -0.2) is 9.97 Å². The Balaban J connectivity index is 1.75. The molecule has 2 heterocycles. The highest BCUT2D eigenvalue weighted by molar-refractivity contribution is 9.10. The van der Waals surface area contributed by atoms with Gasteiger partial charge in [-0.1, -0.05) is 64.5 Å². The number of carbonyl (C=O) groups is 1. The van der Waals surface area contributed by atoms with E-state index in [0.717, 1.165) is 10.0 Å². The summed E-state index contributed by atoms with van der Waals surface area (Å²) in [5.74, 6) is -0.153. The molecule has 4 rings (SSSR count). The molecule has 0 spiro atoms. The molecule has 0 saturated carbocycles. The van der Waals surface area contributed by atoms with E-state index in [-0.39, 0.29) is 17.9 Å². The molecular weight excluding hydrogens is 488 g/mol. The number of Topliss-reactive ketones (excluding diaryl/α,β-unsaturated/α-hetero) is 1. The Kier molecular flexibility index (Phi) is 5.23. The average molecular weight is 502 g/mol. The van der Waals surface area contributed by atoms with Crippen molar-refractivity contribution >= 4 is 48.8 Å². The largest absolute Gasteiger partial charge is 0.308 e. The molecule has 0 bridgehead atoms. The van der Waals surface area contributed by atoms with Gasteiger partial charge in [0, 0.05) is 10.0 Å². The van der Waals surface area contributed by atoms with Gasteiger partial charge in [-0.05, 0) is 27.6 Å². The van der Waals surface area contributed by atoms with Crippen LogP contribution in [0.2, 0.25) is 0 Å². The molecule has 2 aromatic heterocycles. The second kappa shape index (κ2) is 7.81. The first-order valence-corrected chi connectivity index (χ1v) is 10.1. The topological polar surface area (TPSA) is 69.8 Å². The molecule has 4 aromatic rings. The molecule has 8 heteroatoms. The molecule has 0 saturated heterocycles. The number of aromatic nitrogens is 4. The van der Waals surface area contributed by atoms with Crippen LogP contribution in [0.1, 0.15) is 15.9 Å². The van der Waals surface area contributed by atoms with E-state index in [1.54, 1.807) is 28.8 Å². The molecule has 0 N–H and O–H groups in total. The fourth-order valence-electron chi connectivity index (χ4n) is 2.95.